The first-order valence-corrected chi connectivity index (χ1v) is 5.32. The minimum absolute atomic E-state index is 0.0255. The number of esters is 1. The van der Waals surface area contributed by atoms with Crippen LogP contribution in [0.1, 0.15) is 16.1 Å². The number of carbonyl (C=O) groups excluding carboxylic acids is 1. The normalized spacial score (nSPS) is 10.2. The van der Waals surface area contributed by atoms with Gasteiger partial charge in [-0.2, -0.15) is 0 Å². The van der Waals surface area contributed by atoms with Crippen molar-refractivity contribution in [2.75, 3.05) is 7.11 Å². The Bertz CT molecular complexity index is 605. The molecule has 0 amide bonds. The predicted molar refractivity (Wildman–Crippen MR) is 63.6 cm³/mol. The third kappa shape index (κ3) is 2.92. The summed E-state index contributed by atoms with van der Waals surface area (Å²) in [5.41, 5.74) is 0.953. The van der Waals surface area contributed by atoms with Crippen molar-refractivity contribution in [1.29, 1.82) is 0 Å². The zero-order valence-corrected chi connectivity index (χ0v) is 10.0. The van der Waals surface area contributed by atoms with Crippen LogP contribution in [-0.4, -0.2) is 33.0 Å². The van der Waals surface area contributed by atoms with E-state index >= 15 is 0 Å². The Morgan fingerprint density at radius 1 is 1.42 bits per heavy atom. The molecule has 0 N–H and O–H groups in total. The number of aromatic nitrogens is 3. The monoisotopic (exact) mass is 262 g/mol. The summed E-state index contributed by atoms with van der Waals surface area (Å²) < 4.78 is 5.96. The third-order valence-electron chi connectivity index (χ3n) is 2.42. The molecule has 0 radical (unpaired) electrons. The van der Waals surface area contributed by atoms with Gasteiger partial charge >= 0.3 is 5.97 Å². The Morgan fingerprint density at radius 3 is 2.68 bits per heavy atom. The summed E-state index contributed by atoms with van der Waals surface area (Å²) >= 11 is 0. The number of carbonyl (C=O) groups is 1. The molecular weight excluding hydrogens is 252 g/mol. The summed E-state index contributed by atoms with van der Waals surface area (Å²) in [6.07, 6.45) is 1.45. The second-order valence-electron chi connectivity index (χ2n) is 3.72. The number of non-ortho nitro benzene ring substituents is 1. The van der Waals surface area contributed by atoms with Gasteiger partial charge in [-0.25, -0.2) is 9.48 Å². The number of nitrogens with zero attached hydrogens (tertiary/aromatic N) is 4. The molecular formula is C11H10N4O4. The molecule has 0 bridgehead atoms. The lowest BCUT2D eigenvalue weighted by Crippen LogP contribution is -2.02. The maximum Gasteiger partial charge on any atom is 0.360 e. The molecule has 19 heavy (non-hydrogen) atoms. The van der Waals surface area contributed by atoms with Crippen molar-refractivity contribution in [1.82, 2.24) is 15.0 Å². The van der Waals surface area contributed by atoms with E-state index in [0.29, 0.717) is 6.54 Å². The second kappa shape index (κ2) is 5.25. The van der Waals surface area contributed by atoms with Crippen molar-refractivity contribution in [3.8, 4) is 0 Å². The van der Waals surface area contributed by atoms with Crippen LogP contribution in [0.15, 0.2) is 30.5 Å². The van der Waals surface area contributed by atoms with Crippen molar-refractivity contribution in [2.45, 2.75) is 6.54 Å². The molecule has 0 spiro atoms. The lowest BCUT2D eigenvalue weighted by atomic mass is 10.2. The molecule has 0 aliphatic carbocycles. The van der Waals surface area contributed by atoms with E-state index in [-0.39, 0.29) is 11.4 Å². The molecule has 2 rings (SSSR count). The van der Waals surface area contributed by atoms with Gasteiger partial charge in [-0.3, -0.25) is 10.1 Å². The van der Waals surface area contributed by atoms with Gasteiger partial charge in [0.15, 0.2) is 5.69 Å². The molecule has 8 heteroatoms. The van der Waals surface area contributed by atoms with Gasteiger partial charge in [0.05, 0.1) is 24.8 Å². The van der Waals surface area contributed by atoms with Gasteiger partial charge in [0.2, 0.25) is 0 Å². The molecule has 0 saturated heterocycles. The number of ether oxygens (including phenoxy) is 1. The van der Waals surface area contributed by atoms with Gasteiger partial charge in [-0.05, 0) is 5.56 Å². The molecule has 0 aliphatic heterocycles. The van der Waals surface area contributed by atoms with Crippen LogP contribution < -0.4 is 0 Å². The van der Waals surface area contributed by atoms with Crippen molar-refractivity contribution < 1.29 is 14.5 Å². The fourth-order valence-corrected chi connectivity index (χ4v) is 1.48. The van der Waals surface area contributed by atoms with Crippen molar-refractivity contribution in [3.63, 3.8) is 0 Å². The van der Waals surface area contributed by atoms with Gasteiger partial charge in [0, 0.05) is 12.1 Å². The number of nitro benzene ring substituents is 1. The Hall–Kier alpha value is -2.77. The zero-order valence-electron chi connectivity index (χ0n) is 10.0. The number of hydrogen-bond donors (Lipinski definition) is 0. The molecule has 0 saturated carbocycles. The average molecular weight is 262 g/mol. The van der Waals surface area contributed by atoms with E-state index in [9.17, 15) is 14.9 Å². The van der Waals surface area contributed by atoms with Crippen LogP contribution in [0.4, 0.5) is 5.69 Å². The smallest absolute Gasteiger partial charge is 0.360 e. The van der Waals surface area contributed by atoms with Gasteiger partial charge < -0.3 is 4.74 Å². The van der Waals surface area contributed by atoms with Gasteiger partial charge in [0.25, 0.3) is 5.69 Å². The van der Waals surface area contributed by atoms with E-state index in [1.54, 1.807) is 12.1 Å². The van der Waals surface area contributed by atoms with E-state index in [4.69, 9.17) is 0 Å². The van der Waals surface area contributed by atoms with E-state index in [2.05, 4.69) is 15.0 Å². The van der Waals surface area contributed by atoms with Crippen LogP contribution >= 0.6 is 0 Å². The quantitative estimate of drug-likeness (QED) is 0.463. The van der Waals surface area contributed by atoms with E-state index < -0.39 is 10.9 Å². The Balaban J connectivity index is 2.10. The molecule has 0 unspecified atom stereocenters. The summed E-state index contributed by atoms with van der Waals surface area (Å²) in [7, 11) is 1.26. The highest BCUT2D eigenvalue weighted by atomic mass is 16.6. The van der Waals surface area contributed by atoms with Crippen LogP contribution in [0.2, 0.25) is 0 Å². The highest BCUT2D eigenvalue weighted by Gasteiger charge is 2.11. The SMILES string of the molecule is COC(=O)c1cn(Cc2ccc([N+](=O)[O-])cc2)nn1. The molecule has 1 aromatic carbocycles. The van der Waals surface area contributed by atoms with Crippen LogP contribution in [0, 0.1) is 10.1 Å². The van der Waals surface area contributed by atoms with Crippen LogP contribution in [0.3, 0.4) is 0 Å². The largest absolute Gasteiger partial charge is 0.464 e. The fraction of sp³-hybridized carbons (Fsp3) is 0.182. The number of nitro groups is 1. The fourth-order valence-electron chi connectivity index (χ4n) is 1.48. The molecule has 8 nitrogen and oxygen atoms in total. The van der Waals surface area contributed by atoms with Gasteiger partial charge in [-0.15, -0.1) is 5.10 Å². The standard InChI is InChI=1S/C11H10N4O4/c1-19-11(16)10-7-14(13-12-10)6-8-2-4-9(5-3-8)15(17)18/h2-5,7H,6H2,1H3. The molecule has 1 heterocycles. The molecule has 98 valence electrons. The van der Waals surface area contributed by atoms with Crippen molar-refractivity contribution in [3.05, 3.63) is 51.8 Å². The topological polar surface area (TPSA) is 100 Å². The summed E-state index contributed by atoms with van der Waals surface area (Å²) in [6.45, 7) is 0.363. The highest BCUT2D eigenvalue weighted by Crippen LogP contribution is 2.12. The second-order valence-corrected chi connectivity index (χ2v) is 3.72. The van der Waals surface area contributed by atoms with Crippen LogP contribution in [0.5, 0.6) is 0 Å². The molecule has 0 fully saturated rings. The molecule has 0 atom stereocenters. The first-order valence-electron chi connectivity index (χ1n) is 5.32. The van der Waals surface area contributed by atoms with Crippen molar-refractivity contribution in [2.24, 2.45) is 0 Å². The average Bonchev–Trinajstić information content (AvgIpc) is 2.87. The predicted octanol–water partition coefficient (Wildman–Crippen LogP) is 1.02. The summed E-state index contributed by atoms with van der Waals surface area (Å²) in [5, 5.41) is 17.9. The first kappa shape index (κ1) is 12.7. The van der Waals surface area contributed by atoms with Crippen molar-refractivity contribution >= 4 is 11.7 Å². The van der Waals surface area contributed by atoms with E-state index in [1.807, 2.05) is 0 Å². The third-order valence-corrected chi connectivity index (χ3v) is 2.42. The van der Waals surface area contributed by atoms with Crippen LogP contribution in [0.25, 0.3) is 0 Å². The van der Waals surface area contributed by atoms with Gasteiger partial charge in [-0.1, -0.05) is 17.3 Å². The summed E-state index contributed by atoms with van der Waals surface area (Å²) in [4.78, 5) is 21.2. The Labute approximate surface area is 107 Å². The van der Waals surface area contributed by atoms with Gasteiger partial charge in [0.1, 0.15) is 0 Å². The Kier molecular flexibility index (Phi) is 3.51. The summed E-state index contributed by atoms with van der Waals surface area (Å²) in [5.74, 6) is -0.560. The lowest BCUT2D eigenvalue weighted by Gasteiger charge is -2.00. The lowest BCUT2D eigenvalue weighted by molar-refractivity contribution is -0.384. The minimum atomic E-state index is -0.560. The zero-order chi connectivity index (χ0) is 13.8. The number of hydrogen-bond acceptors (Lipinski definition) is 6. The Morgan fingerprint density at radius 2 is 2.11 bits per heavy atom. The maximum absolute atomic E-state index is 11.2. The summed E-state index contributed by atoms with van der Waals surface area (Å²) in [6, 6.07) is 6.07. The molecule has 1 aromatic heterocycles. The maximum atomic E-state index is 11.2. The molecule has 2 aromatic rings. The van der Waals surface area contributed by atoms with E-state index in [1.165, 1.54) is 30.1 Å². The number of benzene rings is 1. The first-order chi connectivity index (χ1) is 9.10. The highest BCUT2D eigenvalue weighted by molar-refractivity contribution is 5.86. The molecule has 0 aliphatic rings. The van der Waals surface area contributed by atoms with E-state index in [0.717, 1.165) is 5.56 Å². The van der Waals surface area contributed by atoms with Crippen LogP contribution in [-0.2, 0) is 11.3 Å². The number of methoxy groups -OCH3 is 1. The minimum Gasteiger partial charge on any atom is -0.464 e. The number of rotatable bonds is 4.